The molecule has 0 spiro atoms. The van der Waals surface area contributed by atoms with Crippen molar-refractivity contribution in [2.75, 3.05) is 18.8 Å². The standard InChI is InChI=1S/C33H33BrFN5O3/c1-19(2)39-11-9-24(10-12-39)42-31-15-21-14-29(38-28(21)17-27(31)34)32(41)26-18-37-40(33(26)36)23-7-8-30(20(3)13-23)43-25-6-4-5-22(35)16-25/h4-8,13-19,24,38H,9-12,36H2,1-3H3. The van der Waals surface area contributed by atoms with Crippen molar-refractivity contribution in [1.29, 1.82) is 0 Å². The van der Waals surface area contributed by atoms with E-state index in [1.54, 1.807) is 24.3 Å². The number of rotatable bonds is 8. The van der Waals surface area contributed by atoms with Gasteiger partial charge in [-0.1, -0.05) is 6.07 Å². The molecule has 5 aromatic rings. The van der Waals surface area contributed by atoms with E-state index in [1.807, 2.05) is 31.2 Å². The number of likely N-dealkylation sites (tertiary alicyclic amines) is 1. The number of nitrogens with two attached hydrogens (primary N) is 1. The first kappa shape index (κ1) is 28.9. The summed E-state index contributed by atoms with van der Waals surface area (Å²) in [7, 11) is 0. The first-order chi connectivity index (χ1) is 20.7. The second-order valence-electron chi connectivity index (χ2n) is 11.2. The lowest BCUT2D eigenvalue weighted by molar-refractivity contribution is 0.0839. The van der Waals surface area contributed by atoms with Crippen molar-refractivity contribution >= 4 is 38.4 Å². The number of H-pyrrole nitrogens is 1. The zero-order valence-corrected chi connectivity index (χ0v) is 25.8. The number of hydrogen-bond acceptors (Lipinski definition) is 6. The van der Waals surface area contributed by atoms with E-state index < -0.39 is 0 Å². The Morgan fingerprint density at radius 2 is 1.88 bits per heavy atom. The molecule has 0 aliphatic carbocycles. The Hall–Kier alpha value is -4.15. The Morgan fingerprint density at radius 1 is 1.09 bits per heavy atom. The van der Waals surface area contributed by atoms with E-state index >= 15 is 0 Å². The fourth-order valence-electron chi connectivity index (χ4n) is 5.46. The van der Waals surface area contributed by atoms with Crippen LogP contribution in [0.15, 0.2) is 71.3 Å². The summed E-state index contributed by atoms with van der Waals surface area (Å²) in [5, 5.41) is 5.27. The molecule has 3 N–H and O–H groups in total. The number of fused-ring (bicyclic) bond motifs is 1. The third kappa shape index (κ3) is 6.03. The number of hydrogen-bond donors (Lipinski definition) is 2. The minimum Gasteiger partial charge on any atom is -0.489 e. The van der Waals surface area contributed by atoms with Crippen LogP contribution in [-0.2, 0) is 0 Å². The van der Waals surface area contributed by atoms with Crippen molar-refractivity contribution in [3.63, 3.8) is 0 Å². The molecule has 1 aliphatic rings. The SMILES string of the molecule is Cc1cc(-n2ncc(C(=O)c3cc4cc(OC5CCN(C(C)C)CC5)c(Br)cc4[nH]3)c2N)ccc1Oc1cccc(F)c1. The maximum atomic E-state index is 13.6. The van der Waals surface area contributed by atoms with Gasteiger partial charge in [0.2, 0.25) is 5.78 Å². The molecule has 2 aromatic heterocycles. The van der Waals surface area contributed by atoms with Gasteiger partial charge in [0.25, 0.3) is 0 Å². The van der Waals surface area contributed by atoms with Crippen LogP contribution in [0, 0.1) is 12.7 Å². The Kier molecular flexibility index (Phi) is 7.98. The quantitative estimate of drug-likeness (QED) is 0.170. The number of piperidine rings is 1. The topological polar surface area (TPSA) is 98.4 Å². The van der Waals surface area contributed by atoms with Crippen LogP contribution in [0.5, 0.6) is 17.2 Å². The van der Waals surface area contributed by atoms with Crippen LogP contribution in [-0.4, -0.2) is 50.7 Å². The van der Waals surface area contributed by atoms with E-state index in [0.717, 1.165) is 52.6 Å². The normalized spacial score (nSPS) is 14.5. The number of carbonyl (C=O) groups is 1. The average Bonchev–Trinajstić information content (AvgIpc) is 3.57. The first-order valence-corrected chi connectivity index (χ1v) is 15.1. The van der Waals surface area contributed by atoms with Crippen LogP contribution >= 0.6 is 15.9 Å². The van der Waals surface area contributed by atoms with Crippen molar-refractivity contribution in [3.8, 4) is 22.9 Å². The fourth-order valence-corrected chi connectivity index (χ4v) is 5.89. The summed E-state index contributed by atoms with van der Waals surface area (Å²) in [6.45, 7) is 8.36. The van der Waals surface area contributed by atoms with E-state index in [4.69, 9.17) is 15.2 Å². The van der Waals surface area contributed by atoms with Gasteiger partial charge in [0.1, 0.15) is 35.0 Å². The molecule has 0 amide bonds. The molecule has 1 aliphatic heterocycles. The van der Waals surface area contributed by atoms with Crippen LogP contribution in [0.3, 0.4) is 0 Å². The molecule has 222 valence electrons. The minimum absolute atomic E-state index is 0.153. The van der Waals surface area contributed by atoms with Gasteiger partial charge in [-0.15, -0.1) is 0 Å². The van der Waals surface area contributed by atoms with Gasteiger partial charge in [-0.2, -0.15) is 5.10 Å². The summed E-state index contributed by atoms with van der Waals surface area (Å²) in [6.07, 6.45) is 3.58. The van der Waals surface area contributed by atoms with Crippen LogP contribution in [0.4, 0.5) is 10.2 Å². The molecular formula is C33H33BrFN5O3. The number of anilines is 1. The number of aromatic amines is 1. The summed E-state index contributed by atoms with van der Waals surface area (Å²) in [4.78, 5) is 19.2. The van der Waals surface area contributed by atoms with Crippen LogP contribution in [0.25, 0.3) is 16.6 Å². The molecule has 1 saturated heterocycles. The fraction of sp³-hybridized carbons (Fsp3) is 0.273. The van der Waals surface area contributed by atoms with Crippen LogP contribution < -0.4 is 15.2 Å². The van der Waals surface area contributed by atoms with Gasteiger partial charge in [0, 0.05) is 36.1 Å². The zero-order chi connectivity index (χ0) is 30.2. The Bertz CT molecular complexity index is 1810. The summed E-state index contributed by atoms with van der Waals surface area (Å²) in [6, 6.07) is 17.6. The van der Waals surface area contributed by atoms with Crippen molar-refractivity contribution in [3.05, 3.63) is 94.0 Å². The Balaban J connectivity index is 1.19. The number of carbonyl (C=O) groups excluding carboxylic acids is 1. The molecule has 0 atom stereocenters. The van der Waals surface area contributed by atoms with E-state index in [1.165, 1.54) is 23.0 Å². The van der Waals surface area contributed by atoms with E-state index in [-0.39, 0.29) is 29.1 Å². The molecule has 0 unspecified atom stereocenters. The predicted molar refractivity (Wildman–Crippen MR) is 169 cm³/mol. The monoisotopic (exact) mass is 645 g/mol. The molecule has 0 saturated carbocycles. The average molecular weight is 647 g/mol. The van der Waals surface area contributed by atoms with Gasteiger partial charge in [-0.3, -0.25) is 4.79 Å². The minimum atomic E-state index is -0.373. The van der Waals surface area contributed by atoms with E-state index in [0.29, 0.717) is 28.9 Å². The Morgan fingerprint density at radius 3 is 2.60 bits per heavy atom. The molecule has 8 nitrogen and oxygen atoms in total. The lowest BCUT2D eigenvalue weighted by atomic mass is 10.1. The second-order valence-corrected chi connectivity index (χ2v) is 12.0. The van der Waals surface area contributed by atoms with E-state index in [2.05, 4.69) is 44.8 Å². The summed E-state index contributed by atoms with van der Waals surface area (Å²) >= 11 is 3.64. The van der Waals surface area contributed by atoms with Crippen molar-refractivity contribution in [2.45, 2.75) is 45.8 Å². The summed E-state index contributed by atoms with van der Waals surface area (Å²) in [5.74, 6) is 1.33. The van der Waals surface area contributed by atoms with Crippen LogP contribution in [0.2, 0.25) is 0 Å². The highest BCUT2D eigenvalue weighted by molar-refractivity contribution is 9.10. The predicted octanol–water partition coefficient (Wildman–Crippen LogP) is 7.42. The smallest absolute Gasteiger partial charge is 0.214 e. The van der Waals surface area contributed by atoms with Gasteiger partial charge >= 0.3 is 0 Å². The van der Waals surface area contributed by atoms with Gasteiger partial charge < -0.3 is 25.1 Å². The molecule has 1 fully saturated rings. The number of nitrogen functional groups attached to an aromatic ring is 1. The highest BCUT2D eigenvalue weighted by Crippen LogP contribution is 2.34. The summed E-state index contributed by atoms with van der Waals surface area (Å²) in [5.41, 5.74) is 9.42. The van der Waals surface area contributed by atoms with Gasteiger partial charge in [0.15, 0.2) is 0 Å². The number of aromatic nitrogens is 3. The second kappa shape index (κ2) is 11.9. The molecule has 6 rings (SSSR count). The molecule has 3 heterocycles. The molecule has 0 radical (unpaired) electrons. The van der Waals surface area contributed by atoms with Crippen molar-refractivity contribution in [1.82, 2.24) is 19.7 Å². The lowest BCUT2D eigenvalue weighted by Gasteiger charge is -2.34. The third-order valence-corrected chi connectivity index (χ3v) is 8.52. The van der Waals surface area contributed by atoms with Crippen molar-refractivity contribution in [2.24, 2.45) is 0 Å². The highest BCUT2D eigenvalue weighted by atomic mass is 79.9. The number of ether oxygens (including phenoxy) is 2. The molecule has 43 heavy (non-hydrogen) atoms. The maximum Gasteiger partial charge on any atom is 0.214 e. The third-order valence-electron chi connectivity index (χ3n) is 7.90. The molecule has 3 aromatic carbocycles. The van der Waals surface area contributed by atoms with Crippen molar-refractivity contribution < 1.29 is 18.7 Å². The summed E-state index contributed by atoms with van der Waals surface area (Å²) < 4.78 is 28.1. The highest BCUT2D eigenvalue weighted by Gasteiger charge is 2.24. The number of benzene rings is 3. The maximum absolute atomic E-state index is 13.6. The first-order valence-electron chi connectivity index (χ1n) is 14.3. The molecule has 10 heteroatoms. The number of ketones is 1. The Labute approximate surface area is 257 Å². The number of nitrogens with one attached hydrogen (secondary N) is 1. The zero-order valence-electron chi connectivity index (χ0n) is 24.2. The lowest BCUT2D eigenvalue weighted by Crippen LogP contribution is -2.41. The number of aryl methyl sites for hydroxylation is 1. The van der Waals surface area contributed by atoms with Crippen LogP contribution in [0.1, 0.15) is 48.3 Å². The largest absolute Gasteiger partial charge is 0.489 e. The molecular weight excluding hydrogens is 613 g/mol. The van der Waals surface area contributed by atoms with Gasteiger partial charge in [-0.25, -0.2) is 9.07 Å². The van der Waals surface area contributed by atoms with E-state index in [9.17, 15) is 9.18 Å². The number of halogens is 2. The number of nitrogens with zero attached hydrogens (tertiary/aromatic N) is 3. The molecule has 0 bridgehead atoms. The van der Waals surface area contributed by atoms with Gasteiger partial charge in [0.05, 0.1) is 27.6 Å². The van der Waals surface area contributed by atoms with Gasteiger partial charge in [-0.05, 0) is 104 Å².